The van der Waals surface area contributed by atoms with Crippen molar-refractivity contribution in [1.82, 2.24) is 4.98 Å². The van der Waals surface area contributed by atoms with Crippen molar-refractivity contribution >= 4 is 22.4 Å². The number of carboxylic acids is 1. The largest absolute Gasteiger partial charge is 0.481 e. The summed E-state index contributed by atoms with van der Waals surface area (Å²) < 4.78 is 0. The van der Waals surface area contributed by atoms with Crippen molar-refractivity contribution in [3.05, 3.63) is 46.5 Å². The lowest BCUT2D eigenvalue weighted by atomic mass is 10.1. The van der Waals surface area contributed by atoms with Crippen molar-refractivity contribution in [3.63, 3.8) is 0 Å². The summed E-state index contributed by atoms with van der Waals surface area (Å²) in [6.07, 6.45) is -0.0674. The van der Waals surface area contributed by atoms with E-state index in [4.69, 9.17) is 10.4 Å². The van der Waals surface area contributed by atoms with Gasteiger partial charge in [-0.3, -0.25) is 4.79 Å². The Morgan fingerprint density at radius 1 is 1.53 bits per heavy atom. The summed E-state index contributed by atoms with van der Waals surface area (Å²) in [4.78, 5) is 14.7. The van der Waals surface area contributed by atoms with Crippen LogP contribution in [0.2, 0.25) is 0 Å². The number of carboxylic acid groups (broad SMARTS) is 1. The second-order valence-electron chi connectivity index (χ2n) is 3.88. The SMILES string of the molecule is N#Cc1cccc(CNc2nc(CC(=O)O)cs2)c1. The van der Waals surface area contributed by atoms with Crippen molar-refractivity contribution in [3.8, 4) is 6.07 Å². The number of nitriles is 1. The number of rotatable bonds is 5. The molecule has 2 rings (SSSR count). The molecule has 0 radical (unpaired) electrons. The Labute approximate surface area is 114 Å². The first-order chi connectivity index (χ1) is 9.17. The summed E-state index contributed by atoms with van der Waals surface area (Å²) >= 11 is 1.37. The zero-order chi connectivity index (χ0) is 13.7. The predicted octanol–water partition coefficient (Wildman–Crippen LogP) is 2.25. The Bertz CT molecular complexity index is 631. The first kappa shape index (κ1) is 13.1. The summed E-state index contributed by atoms with van der Waals surface area (Å²) in [6.45, 7) is 0.551. The Kier molecular flexibility index (Phi) is 4.11. The molecule has 0 aliphatic heterocycles. The number of thiazole rings is 1. The fourth-order valence-corrected chi connectivity index (χ4v) is 2.26. The van der Waals surface area contributed by atoms with Crippen molar-refractivity contribution in [2.45, 2.75) is 13.0 Å². The number of hydrogen-bond acceptors (Lipinski definition) is 5. The fourth-order valence-electron chi connectivity index (χ4n) is 1.55. The quantitative estimate of drug-likeness (QED) is 0.872. The third-order valence-electron chi connectivity index (χ3n) is 2.38. The molecule has 1 aromatic carbocycles. The minimum absolute atomic E-state index is 0.0674. The molecule has 5 nitrogen and oxygen atoms in total. The molecule has 96 valence electrons. The fraction of sp³-hybridized carbons (Fsp3) is 0.154. The Morgan fingerprint density at radius 2 is 2.37 bits per heavy atom. The molecule has 0 aliphatic carbocycles. The Balaban J connectivity index is 1.96. The van der Waals surface area contributed by atoms with Gasteiger partial charge < -0.3 is 10.4 Å². The van der Waals surface area contributed by atoms with E-state index < -0.39 is 5.97 Å². The van der Waals surface area contributed by atoms with Gasteiger partial charge >= 0.3 is 5.97 Å². The smallest absolute Gasteiger partial charge is 0.309 e. The van der Waals surface area contributed by atoms with Gasteiger partial charge in [-0.1, -0.05) is 12.1 Å². The molecule has 0 spiro atoms. The van der Waals surface area contributed by atoms with Crippen LogP contribution in [-0.2, 0) is 17.8 Å². The van der Waals surface area contributed by atoms with E-state index in [2.05, 4.69) is 16.4 Å². The molecule has 1 aromatic heterocycles. The van der Waals surface area contributed by atoms with Crippen LogP contribution in [0.1, 0.15) is 16.8 Å². The maximum atomic E-state index is 10.5. The zero-order valence-electron chi connectivity index (χ0n) is 9.96. The number of benzene rings is 1. The van der Waals surface area contributed by atoms with Crippen molar-refractivity contribution in [2.24, 2.45) is 0 Å². The van der Waals surface area contributed by atoms with E-state index in [1.807, 2.05) is 12.1 Å². The van der Waals surface area contributed by atoms with Crippen LogP contribution in [0.25, 0.3) is 0 Å². The predicted molar refractivity (Wildman–Crippen MR) is 71.9 cm³/mol. The topological polar surface area (TPSA) is 86.0 Å². The summed E-state index contributed by atoms with van der Waals surface area (Å²) in [5.74, 6) is -0.890. The molecule has 0 bridgehead atoms. The molecule has 0 unspecified atom stereocenters. The van der Waals surface area contributed by atoms with Gasteiger partial charge in [0, 0.05) is 11.9 Å². The normalized spacial score (nSPS) is 9.84. The van der Waals surface area contributed by atoms with Crippen LogP contribution in [-0.4, -0.2) is 16.1 Å². The number of nitrogens with zero attached hydrogens (tertiary/aromatic N) is 2. The molecule has 19 heavy (non-hydrogen) atoms. The summed E-state index contributed by atoms with van der Waals surface area (Å²) in [7, 11) is 0. The van der Waals surface area contributed by atoms with Crippen molar-refractivity contribution in [2.75, 3.05) is 5.32 Å². The van der Waals surface area contributed by atoms with E-state index in [1.54, 1.807) is 17.5 Å². The highest BCUT2D eigenvalue weighted by Crippen LogP contribution is 2.17. The van der Waals surface area contributed by atoms with Crippen LogP contribution < -0.4 is 5.32 Å². The van der Waals surface area contributed by atoms with E-state index in [-0.39, 0.29) is 6.42 Å². The molecule has 0 atom stereocenters. The summed E-state index contributed by atoms with van der Waals surface area (Å²) in [6, 6.07) is 9.38. The lowest BCUT2D eigenvalue weighted by Gasteiger charge is -2.02. The lowest BCUT2D eigenvalue weighted by Crippen LogP contribution is -2.02. The number of anilines is 1. The molecule has 0 amide bonds. The molecule has 0 saturated heterocycles. The molecule has 0 fully saturated rings. The van der Waals surface area contributed by atoms with Crippen LogP contribution in [0.3, 0.4) is 0 Å². The number of aromatic nitrogens is 1. The second-order valence-corrected chi connectivity index (χ2v) is 4.74. The monoisotopic (exact) mass is 273 g/mol. The molecule has 1 heterocycles. The maximum absolute atomic E-state index is 10.5. The van der Waals surface area contributed by atoms with Crippen LogP contribution >= 0.6 is 11.3 Å². The van der Waals surface area contributed by atoms with Gasteiger partial charge in [0.15, 0.2) is 5.13 Å². The first-order valence-corrected chi connectivity index (χ1v) is 6.44. The summed E-state index contributed by atoms with van der Waals surface area (Å²) in [5, 5.41) is 23.0. The molecule has 0 saturated carbocycles. The second kappa shape index (κ2) is 5.98. The minimum Gasteiger partial charge on any atom is -0.481 e. The number of nitrogens with one attached hydrogen (secondary N) is 1. The van der Waals surface area contributed by atoms with E-state index in [0.717, 1.165) is 5.56 Å². The standard InChI is InChI=1S/C13H11N3O2S/c14-6-9-2-1-3-10(4-9)7-15-13-16-11(8-19-13)5-12(17)18/h1-4,8H,5,7H2,(H,15,16)(H,17,18). The van der Waals surface area contributed by atoms with Crippen LogP contribution in [0, 0.1) is 11.3 Å². The lowest BCUT2D eigenvalue weighted by molar-refractivity contribution is -0.136. The third kappa shape index (κ3) is 3.79. The van der Waals surface area contributed by atoms with Gasteiger partial charge in [-0.2, -0.15) is 5.26 Å². The van der Waals surface area contributed by atoms with Crippen LogP contribution in [0.4, 0.5) is 5.13 Å². The highest BCUT2D eigenvalue weighted by atomic mass is 32.1. The molecule has 6 heteroatoms. The van der Waals surface area contributed by atoms with Gasteiger partial charge in [-0.05, 0) is 17.7 Å². The van der Waals surface area contributed by atoms with Gasteiger partial charge in [0.05, 0.1) is 23.7 Å². The first-order valence-electron chi connectivity index (χ1n) is 5.56. The van der Waals surface area contributed by atoms with Gasteiger partial charge in [-0.15, -0.1) is 11.3 Å². The molecule has 2 N–H and O–H groups in total. The average Bonchev–Trinajstić information content (AvgIpc) is 2.83. The highest BCUT2D eigenvalue weighted by molar-refractivity contribution is 7.13. The van der Waals surface area contributed by atoms with Gasteiger partial charge in [0.1, 0.15) is 0 Å². The third-order valence-corrected chi connectivity index (χ3v) is 3.23. The van der Waals surface area contributed by atoms with Gasteiger partial charge in [0.25, 0.3) is 0 Å². The minimum atomic E-state index is -0.890. The van der Waals surface area contributed by atoms with Gasteiger partial charge in [-0.25, -0.2) is 4.98 Å². The zero-order valence-corrected chi connectivity index (χ0v) is 10.8. The molecule has 0 aliphatic rings. The Hall–Kier alpha value is -2.39. The molecular formula is C13H11N3O2S. The number of aliphatic carboxylic acids is 1. The average molecular weight is 273 g/mol. The van der Waals surface area contributed by atoms with E-state index in [1.165, 1.54) is 11.3 Å². The number of hydrogen-bond donors (Lipinski definition) is 2. The molecular weight excluding hydrogens is 262 g/mol. The molecule has 2 aromatic rings. The number of carbonyl (C=O) groups is 1. The van der Waals surface area contributed by atoms with Crippen LogP contribution in [0.15, 0.2) is 29.6 Å². The Morgan fingerprint density at radius 3 is 3.11 bits per heavy atom. The van der Waals surface area contributed by atoms with E-state index in [9.17, 15) is 4.79 Å². The van der Waals surface area contributed by atoms with Gasteiger partial charge in [0.2, 0.25) is 0 Å². The maximum Gasteiger partial charge on any atom is 0.309 e. The van der Waals surface area contributed by atoms with E-state index in [0.29, 0.717) is 22.9 Å². The van der Waals surface area contributed by atoms with E-state index >= 15 is 0 Å². The van der Waals surface area contributed by atoms with Crippen LogP contribution in [0.5, 0.6) is 0 Å². The highest BCUT2D eigenvalue weighted by Gasteiger charge is 2.05. The van der Waals surface area contributed by atoms with Crippen molar-refractivity contribution in [1.29, 1.82) is 5.26 Å². The van der Waals surface area contributed by atoms with Crippen molar-refractivity contribution < 1.29 is 9.90 Å². The summed E-state index contributed by atoms with van der Waals surface area (Å²) in [5.41, 5.74) is 2.14.